The van der Waals surface area contributed by atoms with Gasteiger partial charge in [-0.15, -0.1) is 0 Å². The molecule has 7 heteroatoms. The van der Waals surface area contributed by atoms with E-state index in [0.717, 1.165) is 0 Å². The number of anilines is 1. The minimum absolute atomic E-state index is 0.0714. The molecule has 0 unspecified atom stereocenters. The van der Waals surface area contributed by atoms with Crippen LogP contribution >= 0.6 is 22.9 Å². The Hall–Kier alpha value is -1.08. The van der Waals surface area contributed by atoms with Crippen LogP contribution < -0.4 is 4.72 Å². The first kappa shape index (κ1) is 13.4. The molecule has 2 aromatic rings. The number of sulfonamides is 1. The maximum absolute atomic E-state index is 12.0. The fraction of sp³-hybridized carbons (Fsp3) is 0.0909. The lowest BCUT2D eigenvalue weighted by atomic mass is 10.2. The van der Waals surface area contributed by atoms with Crippen LogP contribution in [0.2, 0.25) is 5.02 Å². The molecule has 1 aromatic carbocycles. The predicted octanol–water partition coefficient (Wildman–Crippen LogP) is 2.69. The summed E-state index contributed by atoms with van der Waals surface area (Å²) in [6.45, 7) is -0.305. The van der Waals surface area contributed by atoms with E-state index in [-0.39, 0.29) is 11.5 Å². The highest BCUT2D eigenvalue weighted by Crippen LogP contribution is 2.23. The van der Waals surface area contributed by atoms with Gasteiger partial charge in [-0.05, 0) is 35.2 Å². The zero-order valence-corrected chi connectivity index (χ0v) is 11.5. The number of benzene rings is 1. The van der Waals surface area contributed by atoms with E-state index >= 15 is 0 Å². The van der Waals surface area contributed by atoms with Gasteiger partial charge in [0, 0.05) is 10.4 Å². The molecule has 0 aliphatic heterocycles. The number of thiophene rings is 1. The second-order valence-corrected chi connectivity index (χ2v) is 6.40. The van der Waals surface area contributed by atoms with Crippen molar-refractivity contribution in [1.82, 2.24) is 0 Å². The Morgan fingerprint density at radius 3 is 2.72 bits per heavy atom. The molecule has 0 aliphatic carbocycles. The topological polar surface area (TPSA) is 66.4 Å². The Labute approximate surface area is 114 Å². The summed E-state index contributed by atoms with van der Waals surface area (Å²) in [5, 5.41) is 12.9. The number of rotatable bonds is 4. The van der Waals surface area contributed by atoms with Crippen molar-refractivity contribution in [2.75, 3.05) is 4.72 Å². The molecular weight excluding hydrogens is 294 g/mol. The van der Waals surface area contributed by atoms with Crippen LogP contribution in [0.1, 0.15) is 5.56 Å². The maximum Gasteiger partial charge on any atom is 0.261 e. The molecule has 0 spiro atoms. The highest BCUT2D eigenvalue weighted by atomic mass is 35.5. The molecule has 0 fully saturated rings. The van der Waals surface area contributed by atoms with Crippen LogP contribution in [0.4, 0.5) is 5.69 Å². The molecule has 0 amide bonds. The van der Waals surface area contributed by atoms with Crippen molar-refractivity contribution in [2.24, 2.45) is 0 Å². The molecule has 18 heavy (non-hydrogen) atoms. The highest BCUT2D eigenvalue weighted by molar-refractivity contribution is 7.92. The van der Waals surface area contributed by atoms with E-state index in [0.29, 0.717) is 16.3 Å². The van der Waals surface area contributed by atoms with E-state index < -0.39 is 10.0 Å². The average Bonchev–Trinajstić information content (AvgIpc) is 2.81. The SMILES string of the molecule is O=S(=O)(Nc1ccsc1)c1ccc(Cl)c(CO)c1. The first-order valence-electron chi connectivity index (χ1n) is 4.97. The quantitative estimate of drug-likeness (QED) is 0.912. The summed E-state index contributed by atoms with van der Waals surface area (Å²) in [6.07, 6.45) is 0. The van der Waals surface area contributed by atoms with Crippen molar-refractivity contribution in [3.63, 3.8) is 0 Å². The summed E-state index contributed by atoms with van der Waals surface area (Å²) in [5.41, 5.74) is 0.894. The zero-order chi connectivity index (χ0) is 13.2. The minimum atomic E-state index is -3.65. The number of hydrogen-bond acceptors (Lipinski definition) is 4. The van der Waals surface area contributed by atoms with Crippen LogP contribution in [0.5, 0.6) is 0 Å². The second kappa shape index (κ2) is 5.27. The largest absolute Gasteiger partial charge is 0.392 e. The fourth-order valence-electron chi connectivity index (χ4n) is 1.38. The van der Waals surface area contributed by atoms with Crippen molar-refractivity contribution >= 4 is 38.6 Å². The second-order valence-electron chi connectivity index (χ2n) is 3.53. The molecule has 2 rings (SSSR count). The molecule has 1 aromatic heterocycles. The van der Waals surface area contributed by atoms with Gasteiger partial charge in [0.15, 0.2) is 0 Å². The summed E-state index contributed by atoms with van der Waals surface area (Å²) in [5.74, 6) is 0. The molecule has 2 N–H and O–H groups in total. The lowest BCUT2D eigenvalue weighted by Gasteiger charge is -2.08. The smallest absolute Gasteiger partial charge is 0.261 e. The predicted molar refractivity (Wildman–Crippen MR) is 72.5 cm³/mol. The summed E-state index contributed by atoms with van der Waals surface area (Å²) in [6, 6.07) is 5.88. The number of aliphatic hydroxyl groups excluding tert-OH is 1. The van der Waals surface area contributed by atoms with E-state index in [4.69, 9.17) is 16.7 Å². The molecule has 1 heterocycles. The van der Waals surface area contributed by atoms with E-state index in [9.17, 15) is 8.42 Å². The van der Waals surface area contributed by atoms with Crippen LogP contribution in [0, 0.1) is 0 Å². The Bertz CT molecular complexity index is 638. The van der Waals surface area contributed by atoms with Gasteiger partial charge in [-0.25, -0.2) is 8.42 Å². The first-order chi connectivity index (χ1) is 8.53. The average molecular weight is 304 g/mol. The summed E-state index contributed by atoms with van der Waals surface area (Å²) < 4.78 is 26.5. The Morgan fingerprint density at radius 2 is 2.11 bits per heavy atom. The Kier molecular flexibility index (Phi) is 3.91. The van der Waals surface area contributed by atoms with E-state index in [1.807, 2.05) is 0 Å². The maximum atomic E-state index is 12.0. The van der Waals surface area contributed by atoms with Gasteiger partial charge in [0.25, 0.3) is 10.0 Å². The Morgan fingerprint density at radius 1 is 1.33 bits per heavy atom. The molecular formula is C11H10ClNO3S2. The van der Waals surface area contributed by atoms with Gasteiger partial charge < -0.3 is 5.11 Å². The van der Waals surface area contributed by atoms with Gasteiger partial charge in [-0.3, -0.25) is 4.72 Å². The minimum Gasteiger partial charge on any atom is -0.392 e. The van der Waals surface area contributed by atoms with Crippen LogP contribution in [0.25, 0.3) is 0 Å². The van der Waals surface area contributed by atoms with Gasteiger partial charge in [0.05, 0.1) is 17.2 Å². The number of halogens is 1. The molecule has 96 valence electrons. The van der Waals surface area contributed by atoms with Gasteiger partial charge in [0.1, 0.15) is 0 Å². The summed E-state index contributed by atoms with van der Waals surface area (Å²) in [4.78, 5) is 0.0714. The van der Waals surface area contributed by atoms with Crippen molar-refractivity contribution < 1.29 is 13.5 Å². The molecule has 4 nitrogen and oxygen atoms in total. The van der Waals surface area contributed by atoms with E-state index in [1.54, 1.807) is 16.8 Å². The number of aliphatic hydroxyl groups is 1. The lowest BCUT2D eigenvalue weighted by Crippen LogP contribution is -2.12. The van der Waals surface area contributed by atoms with Crippen LogP contribution in [0.15, 0.2) is 39.9 Å². The fourth-order valence-corrected chi connectivity index (χ4v) is 3.32. The van der Waals surface area contributed by atoms with Crippen molar-refractivity contribution in [1.29, 1.82) is 0 Å². The standard InChI is InChI=1S/C11H10ClNO3S2/c12-11-2-1-10(5-8(11)6-14)18(15,16)13-9-3-4-17-7-9/h1-5,7,13-14H,6H2. The van der Waals surface area contributed by atoms with Crippen molar-refractivity contribution in [2.45, 2.75) is 11.5 Å². The molecule has 0 saturated heterocycles. The molecule has 0 aliphatic rings. The van der Waals surface area contributed by atoms with Gasteiger partial charge in [-0.2, -0.15) is 11.3 Å². The molecule has 0 bridgehead atoms. The number of hydrogen-bond donors (Lipinski definition) is 2. The third kappa shape index (κ3) is 2.84. The first-order valence-corrected chi connectivity index (χ1v) is 7.77. The Balaban J connectivity index is 2.35. The van der Waals surface area contributed by atoms with Crippen molar-refractivity contribution in [3.8, 4) is 0 Å². The highest BCUT2D eigenvalue weighted by Gasteiger charge is 2.15. The monoisotopic (exact) mass is 303 g/mol. The van der Waals surface area contributed by atoms with Gasteiger partial charge >= 0.3 is 0 Å². The summed E-state index contributed by atoms with van der Waals surface area (Å²) >= 11 is 7.21. The molecule has 0 radical (unpaired) electrons. The summed E-state index contributed by atoms with van der Waals surface area (Å²) in [7, 11) is -3.65. The van der Waals surface area contributed by atoms with Crippen molar-refractivity contribution in [3.05, 3.63) is 45.6 Å². The van der Waals surface area contributed by atoms with Gasteiger partial charge in [0.2, 0.25) is 0 Å². The normalized spacial score (nSPS) is 11.4. The molecule has 0 saturated carbocycles. The van der Waals surface area contributed by atoms with E-state index in [2.05, 4.69) is 4.72 Å². The van der Waals surface area contributed by atoms with Crippen LogP contribution in [-0.2, 0) is 16.6 Å². The third-order valence-corrected chi connectivity index (χ3v) is 4.70. The lowest BCUT2D eigenvalue weighted by molar-refractivity contribution is 0.281. The third-order valence-electron chi connectivity index (χ3n) is 2.27. The van der Waals surface area contributed by atoms with E-state index in [1.165, 1.54) is 29.5 Å². The van der Waals surface area contributed by atoms with Crippen LogP contribution in [-0.4, -0.2) is 13.5 Å². The zero-order valence-electron chi connectivity index (χ0n) is 9.13. The van der Waals surface area contributed by atoms with Gasteiger partial charge in [-0.1, -0.05) is 11.6 Å². The number of nitrogens with one attached hydrogen (secondary N) is 1. The van der Waals surface area contributed by atoms with Crippen LogP contribution in [0.3, 0.4) is 0 Å². The molecule has 0 atom stereocenters.